The summed E-state index contributed by atoms with van der Waals surface area (Å²) in [5, 5.41) is 12.1. The van der Waals surface area contributed by atoms with Crippen molar-refractivity contribution in [1.82, 2.24) is 0 Å². The van der Waals surface area contributed by atoms with E-state index in [-0.39, 0.29) is 11.5 Å². The number of nitriles is 1. The maximum Gasteiger partial charge on any atom is 0.227 e. The Morgan fingerprint density at radius 2 is 2.05 bits per heavy atom. The first-order chi connectivity index (χ1) is 10.7. The molecule has 0 atom stereocenters. The smallest absolute Gasteiger partial charge is 0.227 e. The molecule has 2 aromatic rings. The number of halogens is 1. The lowest BCUT2D eigenvalue weighted by molar-refractivity contribution is -0.117. The van der Waals surface area contributed by atoms with Crippen molar-refractivity contribution in [2.24, 2.45) is 0 Å². The molecule has 1 fully saturated rings. The lowest BCUT2D eigenvalue weighted by Crippen LogP contribution is -2.23. The van der Waals surface area contributed by atoms with E-state index in [2.05, 4.69) is 5.32 Å². The van der Waals surface area contributed by atoms with Crippen LogP contribution in [-0.2, 0) is 4.79 Å². The summed E-state index contributed by atoms with van der Waals surface area (Å²) in [6.07, 6.45) is 1.43. The number of nitrogens with zero attached hydrogens (tertiary/aromatic N) is 2. The van der Waals surface area contributed by atoms with Gasteiger partial charge in [-0.15, -0.1) is 0 Å². The zero-order chi connectivity index (χ0) is 15.5. The first-order valence-electron chi connectivity index (χ1n) is 7.05. The second-order valence-corrected chi connectivity index (χ2v) is 5.10. The van der Waals surface area contributed by atoms with Gasteiger partial charge in [0.1, 0.15) is 17.4 Å². The van der Waals surface area contributed by atoms with Crippen LogP contribution < -0.4 is 10.2 Å². The van der Waals surface area contributed by atoms with Gasteiger partial charge in [0.25, 0.3) is 0 Å². The van der Waals surface area contributed by atoms with Crippen LogP contribution in [0.5, 0.6) is 0 Å². The van der Waals surface area contributed by atoms with Crippen LogP contribution in [0, 0.1) is 17.1 Å². The number of hydrogen-bond donors (Lipinski definition) is 1. The van der Waals surface area contributed by atoms with E-state index in [4.69, 9.17) is 5.26 Å². The highest BCUT2D eigenvalue weighted by Crippen LogP contribution is 2.27. The molecule has 5 heteroatoms. The molecule has 0 aliphatic carbocycles. The number of hydrogen-bond acceptors (Lipinski definition) is 3. The lowest BCUT2D eigenvalue weighted by atomic mass is 10.1. The van der Waals surface area contributed by atoms with Crippen LogP contribution >= 0.6 is 0 Å². The fraction of sp³-hybridized carbons (Fsp3) is 0.176. The molecule has 1 saturated heterocycles. The molecule has 0 aromatic heterocycles. The summed E-state index contributed by atoms with van der Waals surface area (Å²) in [4.78, 5) is 13.5. The average Bonchev–Trinajstić information content (AvgIpc) is 2.94. The normalized spacial score (nSPS) is 14.0. The maximum absolute atomic E-state index is 13.6. The number of benzene rings is 2. The Morgan fingerprint density at radius 1 is 1.23 bits per heavy atom. The molecular weight excluding hydrogens is 281 g/mol. The molecule has 2 aromatic carbocycles. The standard InChI is InChI=1S/C17H14FN3O/c18-15-6-2-7-16(14(15)11-19)20-12-4-1-5-13(10-12)21-9-3-8-17(21)22/h1-2,4-7,10,20H,3,8-9H2. The quantitative estimate of drug-likeness (QED) is 0.941. The van der Waals surface area contributed by atoms with Crippen molar-refractivity contribution in [3.05, 3.63) is 53.8 Å². The van der Waals surface area contributed by atoms with Crippen molar-refractivity contribution >= 4 is 23.0 Å². The molecule has 1 aliphatic heterocycles. The lowest BCUT2D eigenvalue weighted by Gasteiger charge is -2.17. The molecule has 1 heterocycles. The summed E-state index contributed by atoms with van der Waals surface area (Å²) in [5.74, 6) is -0.445. The summed E-state index contributed by atoms with van der Waals surface area (Å²) in [5.41, 5.74) is 1.90. The highest BCUT2D eigenvalue weighted by molar-refractivity contribution is 5.95. The number of amides is 1. The number of rotatable bonds is 3. The van der Waals surface area contributed by atoms with E-state index in [9.17, 15) is 9.18 Å². The third-order valence-corrected chi connectivity index (χ3v) is 3.64. The third kappa shape index (κ3) is 2.63. The van der Waals surface area contributed by atoms with E-state index in [0.717, 1.165) is 12.1 Å². The van der Waals surface area contributed by atoms with Crippen molar-refractivity contribution in [2.75, 3.05) is 16.8 Å². The van der Waals surface area contributed by atoms with Crippen LogP contribution in [0.3, 0.4) is 0 Å². The molecule has 0 radical (unpaired) electrons. The van der Waals surface area contributed by atoms with Gasteiger partial charge in [-0.05, 0) is 36.8 Å². The Labute approximate surface area is 127 Å². The van der Waals surface area contributed by atoms with Crippen LogP contribution in [0.25, 0.3) is 0 Å². The second-order valence-electron chi connectivity index (χ2n) is 5.10. The van der Waals surface area contributed by atoms with E-state index < -0.39 is 5.82 Å². The minimum atomic E-state index is -0.557. The van der Waals surface area contributed by atoms with Gasteiger partial charge < -0.3 is 10.2 Å². The minimum Gasteiger partial charge on any atom is -0.354 e. The van der Waals surface area contributed by atoms with Gasteiger partial charge in [-0.25, -0.2) is 4.39 Å². The molecule has 1 aliphatic rings. The van der Waals surface area contributed by atoms with Crippen LogP contribution in [0.15, 0.2) is 42.5 Å². The number of carbonyl (C=O) groups is 1. The maximum atomic E-state index is 13.6. The number of nitrogens with one attached hydrogen (secondary N) is 1. The second kappa shape index (κ2) is 5.86. The van der Waals surface area contributed by atoms with Gasteiger partial charge in [-0.1, -0.05) is 12.1 Å². The van der Waals surface area contributed by atoms with Crippen LogP contribution in [0.4, 0.5) is 21.5 Å². The Balaban J connectivity index is 1.89. The molecule has 1 amide bonds. The van der Waals surface area contributed by atoms with Gasteiger partial charge in [-0.3, -0.25) is 4.79 Å². The minimum absolute atomic E-state index is 0.0230. The van der Waals surface area contributed by atoms with E-state index in [1.165, 1.54) is 6.07 Å². The average molecular weight is 295 g/mol. The first kappa shape index (κ1) is 14.1. The molecular formula is C17H14FN3O. The van der Waals surface area contributed by atoms with Gasteiger partial charge in [0.2, 0.25) is 5.91 Å². The van der Waals surface area contributed by atoms with Crippen molar-refractivity contribution in [1.29, 1.82) is 5.26 Å². The van der Waals surface area contributed by atoms with Gasteiger partial charge in [0.05, 0.1) is 5.69 Å². The number of carbonyl (C=O) groups excluding carboxylic acids is 1. The molecule has 110 valence electrons. The predicted octanol–water partition coefficient (Wildman–Crippen LogP) is 3.57. The summed E-state index contributed by atoms with van der Waals surface area (Å²) in [6, 6.07) is 13.6. The van der Waals surface area contributed by atoms with E-state index in [0.29, 0.717) is 24.3 Å². The summed E-state index contributed by atoms with van der Waals surface area (Å²) < 4.78 is 13.6. The molecule has 22 heavy (non-hydrogen) atoms. The highest BCUT2D eigenvalue weighted by Gasteiger charge is 2.21. The van der Waals surface area contributed by atoms with Gasteiger partial charge in [0.15, 0.2) is 0 Å². The Bertz CT molecular complexity index is 767. The summed E-state index contributed by atoms with van der Waals surface area (Å²) in [6.45, 7) is 0.714. The van der Waals surface area contributed by atoms with Gasteiger partial charge >= 0.3 is 0 Å². The van der Waals surface area contributed by atoms with E-state index in [1.54, 1.807) is 17.0 Å². The van der Waals surface area contributed by atoms with Gasteiger partial charge in [-0.2, -0.15) is 5.26 Å². The van der Waals surface area contributed by atoms with Crippen LogP contribution in [-0.4, -0.2) is 12.5 Å². The SMILES string of the molecule is N#Cc1c(F)cccc1Nc1cccc(N2CCCC2=O)c1. The molecule has 1 N–H and O–H groups in total. The molecule has 0 bridgehead atoms. The molecule has 0 saturated carbocycles. The topological polar surface area (TPSA) is 56.1 Å². The Kier molecular flexibility index (Phi) is 3.75. The van der Waals surface area contributed by atoms with Crippen molar-refractivity contribution in [2.45, 2.75) is 12.8 Å². The van der Waals surface area contributed by atoms with Crippen LogP contribution in [0.1, 0.15) is 18.4 Å². The number of anilines is 3. The zero-order valence-electron chi connectivity index (χ0n) is 11.8. The third-order valence-electron chi connectivity index (χ3n) is 3.64. The molecule has 3 rings (SSSR count). The van der Waals surface area contributed by atoms with E-state index in [1.807, 2.05) is 30.3 Å². The Hall–Kier alpha value is -2.87. The fourth-order valence-electron chi connectivity index (χ4n) is 2.57. The van der Waals surface area contributed by atoms with Crippen molar-refractivity contribution in [3.63, 3.8) is 0 Å². The van der Waals surface area contributed by atoms with Crippen LogP contribution in [0.2, 0.25) is 0 Å². The molecule has 0 unspecified atom stereocenters. The highest BCUT2D eigenvalue weighted by atomic mass is 19.1. The van der Waals surface area contributed by atoms with Crippen molar-refractivity contribution < 1.29 is 9.18 Å². The van der Waals surface area contributed by atoms with Crippen molar-refractivity contribution in [3.8, 4) is 6.07 Å². The summed E-state index contributed by atoms with van der Waals surface area (Å²) in [7, 11) is 0. The van der Waals surface area contributed by atoms with E-state index >= 15 is 0 Å². The Morgan fingerprint density at radius 3 is 2.77 bits per heavy atom. The molecule has 0 spiro atoms. The monoisotopic (exact) mass is 295 g/mol. The predicted molar refractivity (Wildman–Crippen MR) is 82.4 cm³/mol. The first-order valence-corrected chi connectivity index (χ1v) is 7.05. The summed E-state index contributed by atoms with van der Waals surface area (Å²) >= 11 is 0. The molecule has 4 nitrogen and oxygen atoms in total. The fourth-order valence-corrected chi connectivity index (χ4v) is 2.57. The van der Waals surface area contributed by atoms with Gasteiger partial charge in [0, 0.05) is 24.3 Å². The largest absolute Gasteiger partial charge is 0.354 e. The zero-order valence-corrected chi connectivity index (χ0v) is 11.8.